The molecule has 13 heavy (non-hydrogen) atoms. The van der Waals surface area contributed by atoms with Crippen molar-refractivity contribution in [1.82, 2.24) is 5.32 Å². The second kappa shape index (κ2) is 4.05. The molecule has 1 fully saturated rings. The van der Waals surface area contributed by atoms with Crippen LogP contribution in [0.1, 0.15) is 6.42 Å². The third-order valence-electron chi connectivity index (χ3n) is 1.89. The van der Waals surface area contributed by atoms with Crippen LogP contribution in [0.3, 0.4) is 0 Å². The first-order valence-corrected chi connectivity index (χ1v) is 5.58. The van der Waals surface area contributed by atoms with Crippen LogP contribution >= 0.6 is 7.60 Å². The molecule has 0 bridgehead atoms. The summed E-state index contributed by atoms with van der Waals surface area (Å²) in [6.07, 6.45) is 1.63. The van der Waals surface area contributed by atoms with Crippen molar-refractivity contribution in [3.63, 3.8) is 0 Å². The van der Waals surface area contributed by atoms with Crippen LogP contribution in [0, 0.1) is 0 Å². The maximum Gasteiger partial charge on any atom is 0.333 e. The molecule has 1 aliphatic heterocycles. The Bertz CT molecular complexity index is 265. The van der Waals surface area contributed by atoms with Crippen LogP contribution in [0.15, 0.2) is 12.7 Å². The Kier molecular flexibility index (Phi) is 3.25. The third-order valence-corrected chi connectivity index (χ3v) is 3.80. The van der Waals surface area contributed by atoms with E-state index in [1.165, 1.54) is 0 Å². The van der Waals surface area contributed by atoms with E-state index in [0.29, 0.717) is 6.42 Å². The van der Waals surface area contributed by atoms with Crippen LogP contribution < -0.4 is 5.32 Å². The summed E-state index contributed by atoms with van der Waals surface area (Å²) in [7, 11) is -3.47. The Morgan fingerprint density at radius 3 is 3.00 bits per heavy atom. The van der Waals surface area contributed by atoms with Crippen LogP contribution in [-0.2, 0) is 13.9 Å². The van der Waals surface area contributed by atoms with E-state index in [1.807, 2.05) is 0 Å². The van der Waals surface area contributed by atoms with Crippen molar-refractivity contribution in [3.8, 4) is 0 Å². The van der Waals surface area contributed by atoms with Crippen molar-refractivity contribution in [3.05, 3.63) is 12.7 Å². The van der Waals surface area contributed by atoms with Gasteiger partial charge in [0.1, 0.15) is 0 Å². The molecule has 0 aromatic rings. The van der Waals surface area contributed by atoms with E-state index >= 15 is 0 Å². The molecular weight excluding hydrogens is 193 g/mol. The highest BCUT2D eigenvalue weighted by molar-refractivity contribution is 7.53. The molecule has 0 aromatic carbocycles. The Hall–Kier alpha value is -0.640. The van der Waals surface area contributed by atoms with Crippen LogP contribution in [0.4, 0.5) is 0 Å². The molecular formula is C7H12NO4P. The fourth-order valence-corrected chi connectivity index (χ4v) is 2.43. The molecule has 5 nitrogen and oxygen atoms in total. The average molecular weight is 205 g/mol. The second-order valence-corrected chi connectivity index (χ2v) is 4.91. The van der Waals surface area contributed by atoms with E-state index in [-0.39, 0.29) is 19.1 Å². The number of carbonyl (C=O) groups is 1. The molecule has 1 amide bonds. The van der Waals surface area contributed by atoms with Crippen molar-refractivity contribution in [2.75, 3.05) is 13.2 Å². The molecule has 74 valence electrons. The summed E-state index contributed by atoms with van der Waals surface area (Å²) in [6, 6.07) is 0. The first kappa shape index (κ1) is 10.4. The van der Waals surface area contributed by atoms with Gasteiger partial charge in [0.15, 0.2) is 0 Å². The van der Waals surface area contributed by atoms with E-state index in [9.17, 15) is 14.3 Å². The monoisotopic (exact) mass is 205 g/mol. The lowest BCUT2D eigenvalue weighted by molar-refractivity contribution is -0.116. The Morgan fingerprint density at radius 2 is 2.54 bits per heavy atom. The van der Waals surface area contributed by atoms with Crippen molar-refractivity contribution in [2.24, 2.45) is 0 Å². The fourth-order valence-electron chi connectivity index (χ4n) is 1.10. The van der Waals surface area contributed by atoms with Gasteiger partial charge in [0.2, 0.25) is 5.91 Å². The summed E-state index contributed by atoms with van der Waals surface area (Å²) in [4.78, 5) is 19.9. The molecule has 0 spiro atoms. The molecule has 1 heterocycles. The summed E-state index contributed by atoms with van der Waals surface area (Å²) in [5.74, 6) is -0.341. The van der Waals surface area contributed by atoms with Crippen molar-refractivity contribution < 1.29 is 18.8 Å². The predicted molar refractivity (Wildman–Crippen MR) is 47.4 cm³/mol. The number of amides is 1. The molecule has 2 unspecified atom stereocenters. The van der Waals surface area contributed by atoms with E-state index in [0.717, 1.165) is 6.08 Å². The first-order valence-electron chi connectivity index (χ1n) is 3.93. The van der Waals surface area contributed by atoms with Gasteiger partial charge in [-0.15, -0.1) is 0 Å². The molecule has 1 aliphatic rings. The van der Waals surface area contributed by atoms with Gasteiger partial charge in [0.05, 0.1) is 12.3 Å². The lowest BCUT2D eigenvalue weighted by Gasteiger charge is -2.12. The Labute approximate surface area is 76.3 Å². The molecule has 0 saturated carbocycles. The quantitative estimate of drug-likeness (QED) is 0.512. The van der Waals surface area contributed by atoms with Crippen LogP contribution in [0.5, 0.6) is 0 Å². The van der Waals surface area contributed by atoms with E-state index in [2.05, 4.69) is 16.4 Å². The number of nitrogens with one attached hydrogen (secondary N) is 1. The highest BCUT2D eigenvalue weighted by atomic mass is 31.2. The van der Waals surface area contributed by atoms with Gasteiger partial charge in [0, 0.05) is 6.54 Å². The molecule has 0 aliphatic carbocycles. The average Bonchev–Trinajstić information content (AvgIpc) is 2.41. The zero-order valence-corrected chi connectivity index (χ0v) is 8.00. The minimum atomic E-state index is -3.47. The largest absolute Gasteiger partial charge is 0.352 e. The van der Waals surface area contributed by atoms with Gasteiger partial charge in [0.25, 0.3) is 0 Å². The molecule has 1 saturated heterocycles. The third kappa shape index (κ3) is 2.66. The van der Waals surface area contributed by atoms with Crippen molar-refractivity contribution in [2.45, 2.75) is 12.1 Å². The van der Waals surface area contributed by atoms with Crippen molar-refractivity contribution >= 4 is 13.5 Å². The van der Waals surface area contributed by atoms with E-state index < -0.39 is 13.3 Å². The molecule has 6 heteroatoms. The van der Waals surface area contributed by atoms with Gasteiger partial charge < -0.3 is 14.7 Å². The Balaban J connectivity index is 2.41. The normalized spacial score (nSPS) is 32.8. The van der Waals surface area contributed by atoms with Gasteiger partial charge >= 0.3 is 7.60 Å². The van der Waals surface area contributed by atoms with Crippen LogP contribution in [-0.4, -0.2) is 29.6 Å². The van der Waals surface area contributed by atoms with Crippen LogP contribution in [0.25, 0.3) is 0 Å². The molecule has 2 atom stereocenters. The summed E-state index contributed by atoms with van der Waals surface area (Å²) in [5.41, 5.74) is -0.476. The predicted octanol–water partition coefficient (Wildman–Crippen LogP) is 0.263. The smallest absolute Gasteiger partial charge is 0.333 e. The fraction of sp³-hybridized carbons (Fsp3) is 0.571. The standard InChI is InChI=1S/C7H12NO4P/c1-2-7(9)8-5-6-3-4-12-13(6,10)11/h2,6H,1,3-5H2,(H,8,9)(H,10,11). The van der Waals surface area contributed by atoms with Crippen LogP contribution in [0.2, 0.25) is 0 Å². The Morgan fingerprint density at radius 1 is 1.85 bits per heavy atom. The number of carbonyl (C=O) groups excluding carboxylic acids is 1. The number of hydrogen-bond donors (Lipinski definition) is 2. The molecule has 0 aromatic heterocycles. The summed E-state index contributed by atoms with van der Waals surface area (Å²) >= 11 is 0. The summed E-state index contributed by atoms with van der Waals surface area (Å²) < 4.78 is 15.9. The molecule has 0 radical (unpaired) electrons. The summed E-state index contributed by atoms with van der Waals surface area (Å²) in [5, 5.41) is 2.46. The number of hydrogen-bond acceptors (Lipinski definition) is 3. The maximum atomic E-state index is 11.2. The molecule has 2 N–H and O–H groups in total. The van der Waals surface area contributed by atoms with E-state index in [1.54, 1.807) is 0 Å². The van der Waals surface area contributed by atoms with E-state index in [4.69, 9.17) is 0 Å². The minimum absolute atomic E-state index is 0.165. The maximum absolute atomic E-state index is 11.2. The lowest BCUT2D eigenvalue weighted by Crippen LogP contribution is -2.29. The second-order valence-electron chi connectivity index (χ2n) is 2.79. The van der Waals surface area contributed by atoms with Gasteiger partial charge in [-0.25, -0.2) is 0 Å². The molecule has 1 rings (SSSR count). The topological polar surface area (TPSA) is 75.6 Å². The van der Waals surface area contributed by atoms with Gasteiger partial charge in [-0.2, -0.15) is 0 Å². The summed E-state index contributed by atoms with van der Waals surface area (Å²) in [6.45, 7) is 3.71. The minimum Gasteiger partial charge on any atom is -0.352 e. The lowest BCUT2D eigenvalue weighted by atomic mass is 10.3. The van der Waals surface area contributed by atoms with Gasteiger partial charge in [-0.05, 0) is 12.5 Å². The SMILES string of the molecule is C=CC(=O)NCC1CCOP1(=O)O. The van der Waals surface area contributed by atoms with Gasteiger partial charge in [-0.3, -0.25) is 9.36 Å². The highest BCUT2D eigenvalue weighted by Gasteiger charge is 2.37. The highest BCUT2D eigenvalue weighted by Crippen LogP contribution is 2.53. The first-order chi connectivity index (χ1) is 6.06. The van der Waals surface area contributed by atoms with Gasteiger partial charge in [-0.1, -0.05) is 6.58 Å². The zero-order chi connectivity index (χ0) is 9.90. The van der Waals surface area contributed by atoms with Crippen molar-refractivity contribution in [1.29, 1.82) is 0 Å². The number of rotatable bonds is 3. The zero-order valence-electron chi connectivity index (χ0n) is 7.10.